The number of carbonyl (C=O) groups is 1. The number of hydrogen-bond acceptors (Lipinski definition) is 3. The number of nitrogens with one attached hydrogen (secondary N) is 1. The van der Waals surface area contributed by atoms with Gasteiger partial charge < -0.3 is 5.32 Å². The van der Waals surface area contributed by atoms with E-state index in [2.05, 4.69) is 31.3 Å². The Labute approximate surface area is 129 Å². The molecule has 0 fully saturated rings. The summed E-state index contributed by atoms with van der Waals surface area (Å²) in [6.07, 6.45) is 5.09. The van der Waals surface area contributed by atoms with Crippen molar-refractivity contribution in [3.8, 4) is 5.82 Å². The zero-order valence-corrected chi connectivity index (χ0v) is 12.5. The van der Waals surface area contributed by atoms with E-state index >= 15 is 0 Å². The van der Waals surface area contributed by atoms with Crippen molar-refractivity contribution >= 4 is 27.5 Å². The van der Waals surface area contributed by atoms with Crippen LogP contribution in [0, 0.1) is 0 Å². The van der Waals surface area contributed by atoms with Gasteiger partial charge in [-0.25, -0.2) is 9.67 Å². The number of rotatable bonds is 3. The fourth-order valence-corrected chi connectivity index (χ4v) is 2.37. The van der Waals surface area contributed by atoms with Crippen LogP contribution in [0.5, 0.6) is 0 Å². The van der Waals surface area contributed by atoms with Crippen LogP contribution in [0.4, 0.5) is 5.69 Å². The summed E-state index contributed by atoms with van der Waals surface area (Å²) in [4.78, 5) is 16.6. The van der Waals surface area contributed by atoms with Crippen molar-refractivity contribution in [2.24, 2.45) is 0 Å². The van der Waals surface area contributed by atoms with Crippen molar-refractivity contribution in [3.05, 3.63) is 71.1 Å². The van der Waals surface area contributed by atoms with E-state index in [0.29, 0.717) is 17.1 Å². The lowest BCUT2D eigenvalue weighted by Crippen LogP contribution is -2.15. The van der Waals surface area contributed by atoms with Gasteiger partial charge in [0.15, 0.2) is 5.82 Å². The van der Waals surface area contributed by atoms with Crippen LogP contribution in [0.2, 0.25) is 0 Å². The number of pyridine rings is 1. The molecule has 0 radical (unpaired) electrons. The Kier molecular flexibility index (Phi) is 3.79. The van der Waals surface area contributed by atoms with Gasteiger partial charge in [-0.15, -0.1) is 0 Å². The fraction of sp³-hybridized carbons (Fsp3) is 0. The second-order valence-electron chi connectivity index (χ2n) is 4.26. The molecule has 2 heterocycles. The minimum Gasteiger partial charge on any atom is -0.319 e. The molecule has 0 aliphatic heterocycles. The normalized spacial score (nSPS) is 10.3. The van der Waals surface area contributed by atoms with E-state index in [1.54, 1.807) is 47.5 Å². The SMILES string of the molecule is O=C(Nc1cccnc1-n1cccn1)c1ccccc1Br. The fourth-order valence-electron chi connectivity index (χ4n) is 1.91. The lowest BCUT2D eigenvalue weighted by molar-refractivity contribution is 0.102. The first-order chi connectivity index (χ1) is 10.3. The van der Waals surface area contributed by atoms with Crippen LogP contribution < -0.4 is 5.32 Å². The molecule has 0 bridgehead atoms. The van der Waals surface area contributed by atoms with E-state index < -0.39 is 0 Å². The minimum atomic E-state index is -0.205. The molecule has 0 spiro atoms. The molecule has 0 saturated heterocycles. The first-order valence-corrected chi connectivity index (χ1v) is 7.06. The van der Waals surface area contributed by atoms with Crippen LogP contribution in [0.15, 0.2) is 65.5 Å². The molecule has 0 saturated carbocycles. The Bertz CT molecular complexity index is 771. The van der Waals surface area contributed by atoms with Crippen molar-refractivity contribution in [2.45, 2.75) is 0 Å². The number of nitrogens with zero attached hydrogens (tertiary/aromatic N) is 3. The molecule has 2 aromatic heterocycles. The predicted molar refractivity (Wildman–Crippen MR) is 83.5 cm³/mol. The highest BCUT2D eigenvalue weighted by Gasteiger charge is 2.13. The molecule has 1 aromatic carbocycles. The molecule has 0 aliphatic rings. The van der Waals surface area contributed by atoms with Gasteiger partial charge in [-0.3, -0.25) is 4.79 Å². The van der Waals surface area contributed by atoms with Gasteiger partial charge in [0.1, 0.15) is 0 Å². The van der Waals surface area contributed by atoms with Gasteiger partial charge in [0, 0.05) is 23.1 Å². The van der Waals surface area contributed by atoms with Crippen molar-refractivity contribution in [2.75, 3.05) is 5.32 Å². The molecule has 1 amide bonds. The van der Waals surface area contributed by atoms with E-state index in [1.807, 2.05) is 18.2 Å². The van der Waals surface area contributed by atoms with Crippen molar-refractivity contribution in [1.29, 1.82) is 0 Å². The zero-order chi connectivity index (χ0) is 14.7. The van der Waals surface area contributed by atoms with Gasteiger partial charge >= 0.3 is 0 Å². The van der Waals surface area contributed by atoms with Gasteiger partial charge in [-0.2, -0.15) is 5.10 Å². The van der Waals surface area contributed by atoms with Crippen molar-refractivity contribution in [3.63, 3.8) is 0 Å². The number of amides is 1. The van der Waals surface area contributed by atoms with Crippen LogP contribution in [0.3, 0.4) is 0 Å². The topological polar surface area (TPSA) is 59.8 Å². The Balaban J connectivity index is 1.93. The maximum atomic E-state index is 12.4. The monoisotopic (exact) mass is 342 g/mol. The Hall–Kier alpha value is -2.47. The molecular weight excluding hydrogens is 332 g/mol. The number of halogens is 1. The van der Waals surface area contributed by atoms with Crippen molar-refractivity contribution in [1.82, 2.24) is 14.8 Å². The van der Waals surface area contributed by atoms with Crippen LogP contribution in [0.1, 0.15) is 10.4 Å². The Morgan fingerprint density at radius 2 is 1.95 bits per heavy atom. The van der Waals surface area contributed by atoms with E-state index in [9.17, 15) is 4.79 Å². The van der Waals surface area contributed by atoms with Gasteiger partial charge in [-0.05, 0) is 46.3 Å². The third kappa shape index (κ3) is 2.85. The first-order valence-electron chi connectivity index (χ1n) is 6.26. The highest BCUT2D eigenvalue weighted by atomic mass is 79.9. The number of aromatic nitrogens is 3. The largest absolute Gasteiger partial charge is 0.319 e. The summed E-state index contributed by atoms with van der Waals surface area (Å²) >= 11 is 3.37. The number of carbonyl (C=O) groups excluding carboxylic acids is 1. The number of hydrogen-bond donors (Lipinski definition) is 1. The number of benzene rings is 1. The van der Waals surface area contributed by atoms with E-state index in [0.717, 1.165) is 4.47 Å². The van der Waals surface area contributed by atoms with Gasteiger partial charge in [-0.1, -0.05) is 12.1 Å². The Morgan fingerprint density at radius 1 is 1.10 bits per heavy atom. The standard InChI is InChI=1S/C15H11BrN4O/c16-12-6-2-1-5-11(12)15(21)19-13-7-3-8-17-14(13)20-10-4-9-18-20/h1-10H,(H,19,21). The predicted octanol–water partition coefficient (Wildman–Crippen LogP) is 3.28. The molecule has 5 nitrogen and oxygen atoms in total. The summed E-state index contributed by atoms with van der Waals surface area (Å²) in [5, 5.41) is 7.00. The second-order valence-corrected chi connectivity index (χ2v) is 5.11. The molecular formula is C15H11BrN4O. The maximum absolute atomic E-state index is 12.4. The molecule has 6 heteroatoms. The Morgan fingerprint density at radius 3 is 2.71 bits per heavy atom. The lowest BCUT2D eigenvalue weighted by Gasteiger charge is -2.10. The van der Waals surface area contributed by atoms with Gasteiger partial charge in [0.05, 0.1) is 11.3 Å². The molecule has 3 rings (SSSR count). The maximum Gasteiger partial charge on any atom is 0.256 e. The minimum absolute atomic E-state index is 0.205. The summed E-state index contributed by atoms with van der Waals surface area (Å²) in [6.45, 7) is 0. The summed E-state index contributed by atoms with van der Waals surface area (Å²) in [6, 6.07) is 12.6. The smallest absolute Gasteiger partial charge is 0.256 e. The molecule has 0 unspecified atom stereocenters. The van der Waals surface area contributed by atoms with Crippen LogP contribution >= 0.6 is 15.9 Å². The average Bonchev–Trinajstić information content (AvgIpc) is 3.02. The van der Waals surface area contributed by atoms with E-state index in [4.69, 9.17) is 0 Å². The highest BCUT2D eigenvalue weighted by Crippen LogP contribution is 2.20. The summed E-state index contributed by atoms with van der Waals surface area (Å²) in [7, 11) is 0. The third-order valence-electron chi connectivity index (χ3n) is 2.87. The summed E-state index contributed by atoms with van der Waals surface area (Å²) < 4.78 is 2.35. The summed E-state index contributed by atoms with van der Waals surface area (Å²) in [5.41, 5.74) is 1.16. The summed E-state index contributed by atoms with van der Waals surface area (Å²) in [5.74, 6) is 0.367. The van der Waals surface area contributed by atoms with Gasteiger partial charge in [0.2, 0.25) is 0 Å². The first kappa shape index (κ1) is 13.5. The zero-order valence-electron chi connectivity index (χ0n) is 10.9. The highest BCUT2D eigenvalue weighted by molar-refractivity contribution is 9.10. The molecule has 0 aliphatic carbocycles. The lowest BCUT2D eigenvalue weighted by atomic mass is 10.2. The molecule has 0 atom stereocenters. The second kappa shape index (κ2) is 5.88. The van der Waals surface area contributed by atoms with Gasteiger partial charge in [0.25, 0.3) is 5.91 Å². The molecule has 104 valence electrons. The van der Waals surface area contributed by atoms with Crippen LogP contribution in [-0.2, 0) is 0 Å². The molecule has 3 aromatic rings. The van der Waals surface area contributed by atoms with Crippen molar-refractivity contribution < 1.29 is 4.79 Å². The van der Waals surface area contributed by atoms with E-state index in [-0.39, 0.29) is 5.91 Å². The molecule has 1 N–H and O–H groups in total. The van der Waals surface area contributed by atoms with E-state index in [1.165, 1.54) is 0 Å². The quantitative estimate of drug-likeness (QED) is 0.794. The van der Waals surface area contributed by atoms with Crippen LogP contribution in [-0.4, -0.2) is 20.7 Å². The third-order valence-corrected chi connectivity index (χ3v) is 3.57. The van der Waals surface area contributed by atoms with Crippen LogP contribution in [0.25, 0.3) is 5.82 Å². The number of anilines is 1. The average molecular weight is 343 g/mol. The molecule has 21 heavy (non-hydrogen) atoms.